The standard InChI is InChI=1S/C16H23NO2.C15H21NO2.2H2/c1-11(2)8-15(18)17-10-13-6-5-7-14(9-13)16(19)12(3)4;1-3-5-9-15(18)16-11-12-7-6-8-13(10-12)14(17)4-2;;/h5-7,9,11-12H,8,10H2,1-4H3,(H,17,18);6-8,10H,3-5,9,11H2,1-2H3,(H,16,18);2*1H. The molecule has 6 nitrogen and oxygen atoms in total. The molecular weight excluding hydrogens is 464 g/mol. The summed E-state index contributed by atoms with van der Waals surface area (Å²) in [6.45, 7) is 12.7. The first kappa shape index (κ1) is 31.7. The topological polar surface area (TPSA) is 92.3 Å². The summed E-state index contributed by atoms with van der Waals surface area (Å²) in [7, 11) is 0. The van der Waals surface area contributed by atoms with Gasteiger partial charge in [0.25, 0.3) is 0 Å². The number of unbranched alkanes of at least 4 members (excludes halogenated alkanes) is 1. The van der Waals surface area contributed by atoms with E-state index >= 15 is 0 Å². The molecule has 0 saturated carbocycles. The molecule has 0 aliphatic rings. The van der Waals surface area contributed by atoms with Crippen LogP contribution in [0.2, 0.25) is 0 Å². The van der Waals surface area contributed by atoms with E-state index in [4.69, 9.17) is 0 Å². The van der Waals surface area contributed by atoms with Crippen molar-refractivity contribution in [3.63, 3.8) is 0 Å². The number of ketones is 2. The second-order valence-electron chi connectivity index (χ2n) is 9.95. The van der Waals surface area contributed by atoms with Crippen LogP contribution in [-0.2, 0) is 22.7 Å². The minimum Gasteiger partial charge on any atom is -0.352 e. The van der Waals surface area contributed by atoms with Crippen LogP contribution >= 0.6 is 0 Å². The van der Waals surface area contributed by atoms with E-state index in [-0.39, 0.29) is 32.2 Å². The van der Waals surface area contributed by atoms with E-state index < -0.39 is 0 Å². The Balaban J connectivity index is 0. The average molecular weight is 513 g/mol. The number of hydrogen-bond acceptors (Lipinski definition) is 4. The highest BCUT2D eigenvalue weighted by Gasteiger charge is 2.11. The van der Waals surface area contributed by atoms with Crippen LogP contribution in [-0.4, -0.2) is 23.4 Å². The lowest BCUT2D eigenvalue weighted by Gasteiger charge is -2.09. The van der Waals surface area contributed by atoms with Gasteiger partial charge >= 0.3 is 0 Å². The molecule has 2 N–H and O–H groups in total. The third-order valence-electron chi connectivity index (χ3n) is 5.64. The van der Waals surface area contributed by atoms with E-state index in [0.29, 0.717) is 43.8 Å². The van der Waals surface area contributed by atoms with E-state index in [1.807, 2.05) is 83.1 Å². The molecule has 0 aliphatic carbocycles. The molecule has 0 atom stereocenters. The van der Waals surface area contributed by atoms with Gasteiger partial charge < -0.3 is 10.6 Å². The average Bonchev–Trinajstić information content (AvgIpc) is 2.88. The molecule has 2 aromatic rings. The monoisotopic (exact) mass is 512 g/mol. The smallest absolute Gasteiger partial charge is 0.220 e. The maximum atomic E-state index is 11.9. The first-order valence-electron chi connectivity index (χ1n) is 13.4. The fraction of sp³-hybridized carbons (Fsp3) is 0.484. The maximum absolute atomic E-state index is 11.9. The number of benzene rings is 2. The molecule has 37 heavy (non-hydrogen) atoms. The van der Waals surface area contributed by atoms with E-state index in [0.717, 1.165) is 29.5 Å². The summed E-state index contributed by atoms with van der Waals surface area (Å²) in [6, 6.07) is 14.9. The molecule has 0 spiro atoms. The summed E-state index contributed by atoms with van der Waals surface area (Å²) in [5.74, 6) is 0.740. The summed E-state index contributed by atoms with van der Waals surface area (Å²) >= 11 is 0. The highest BCUT2D eigenvalue weighted by molar-refractivity contribution is 5.97. The molecule has 0 fully saturated rings. The van der Waals surface area contributed by atoms with Crippen LogP contribution in [0.1, 0.15) is 108 Å². The molecule has 0 bridgehead atoms. The number of amides is 2. The van der Waals surface area contributed by atoms with Gasteiger partial charge in [-0.2, -0.15) is 0 Å². The lowest BCUT2D eigenvalue weighted by atomic mass is 9.99. The van der Waals surface area contributed by atoms with Crippen LogP contribution in [0.25, 0.3) is 0 Å². The third-order valence-corrected chi connectivity index (χ3v) is 5.64. The molecule has 0 saturated heterocycles. The van der Waals surface area contributed by atoms with Crippen molar-refractivity contribution in [3.8, 4) is 0 Å². The molecule has 0 radical (unpaired) electrons. The number of carbonyl (C=O) groups is 4. The lowest BCUT2D eigenvalue weighted by Crippen LogP contribution is -2.24. The number of rotatable bonds is 13. The first-order valence-corrected chi connectivity index (χ1v) is 13.4. The Labute approximate surface area is 225 Å². The lowest BCUT2D eigenvalue weighted by molar-refractivity contribution is -0.122. The molecule has 6 heteroatoms. The van der Waals surface area contributed by atoms with E-state index in [1.165, 1.54) is 0 Å². The van der Waals surface area contributed by atoms with Gasteiger partial charge in [-0.1, -0.05) is 84.4 Å². The van der Waals surface area contributed by atoms with Gasteiger partial charge in [0, 0.05) is 52.3 Å². The minimum atomic E-state index is -0.00854. The van der Waals surface area contributed by atoms with Crippen LogP contribution in [0, 0.1) is 11.8 Å². The minimum absolute atomic E-state index is 0. The van der Waals surface area contributed by atoms with Gasteiger partial charge in [-0.05, 0) is 35.6 Å². The Hall–Kier alpha value is -3.28. The highest BCUT2D eigenvalue weighted by atomic mass is 16.2. The SMILES string of the molecule is CC(C)CC(=O)NCc1cccc(C(=O)C(C)C)c1.CCCCC(=O)NCc1cccc(C(=O)CC)c1.[HH].[HH]. The van der Waals surface area contributed by atoms with Crippen LogP contribution in [0.15, 0.2) is 48.5 Å². The Bertz CT molecular complexity index is 1040. The fourth-order valence-corrected chi connectivity index (χ4v) is 3.50. The largest absolute Gasteiger partial charge is 0.352 e. The van der Waals surface area contributed by atoms with Gasteiger partial charge in [-0.3, -0.25) is 19.2 Å². The van der Waals surface area contributed by atoms with Crippen molar-refractivity contribution >= 4 is 23.4 Å². The Morgan fingerprint density at radius 3 is 1.84 bits per heavy atom. The summed E-state index contributed by atoms with van der Waals surface area (Å²) in [6.07, 6.45) is 3.55. The van der Waals surface area contributed by atoms with Gasteiger partial charge in [0.2, 0.25) is 11.8 Å². The maximum Gasteiger partial charge on any atom is 0.220 e. The Morgan fingerprint density at radius 1 is 0.784 bits per heavy atom. The molecule has 0 heterocycles. The highest BCUT2D eigenvalue weighted by Crippen LogP contribution is 2.11. The predicted octanol–water partition coefficient (Wildman–Crippen LogP) is 6.77. The normalized spacial score (nSPS) is 10.5. The van der Waals surface area contributed by atoms with Crippen molar-refractivity contribution in [1.29, 1.82) is 0 Å². The number of hydrogen-bond donors (Lipinski definition) is 2. The van der Waals surface area contributed by atoms with Crippen LogP contribution in [0.5, 0.6) is 0 Å². The molecule has 206 valence electrons. The van der Waals surface area contributed by atoms with Gasteiger partial charge in [0.15, 0.2) is 11.6 Å². The zero-order valence-corrected chi connectivity index (χ0v) is 23.4. The number of Topliss-reactive ketones (excluding diaryl/α,β-unsaturated/α-hetero) is 2. The van der Waals surface area contributed by atoms with Gasteiger partial charge in [-0.15, -0.1) is 0 Å². The Kier molecular flexibility index (Phi) is 14.8. The van der Waals surface area contributed by atoms with Gasteiger partial charge in [-0.25, -0.2) is 0 Å². The summed E-state index contributed by atoms with van der Waals surface area (Å²) in [4.78, 5) is 46.5. The van der Waals surface area contributed by atoms with Crippen molar-refractivity contribution in [1.82, 2.24) is 10.6 Å². The first-order chi connectivity index (χ1) is 17.6. The van der Waals surface area contributed by atoms with E-state index in [9.17, 15) is 19.2 Å². The molecule has 2 amide bonds. The summed E-state index contributed by atoms with van der Waals surface area (Å²) < 4.78 is 0. The fourth-order valence-electron chi connectivity index (χ4n) is 3.50. The van der Waals surface area contributed by atoms with Crippen LogP contribution in [0.4, 0.5) is 0 Å². The summed E-state index contributed by atoms with van der Waals surface area (Å²) in [5.41, 5.74) is 3.37. The van der Waals surface area contributed by atoms with Crippen molar-refractivity contribution in [3.05, 3.63) is 70.8 Å². The third kappa shape index (κ3) is 13.0. The predicted molar refractivity (Wildman–Crippen MR) is 154 cm³/mol. The van der Waals surface area contributed by atoms with E-state index in [1.54, 1.807) is 0 Å². The number of nitrogens with one attached hydrogen (secondary N) is 2. The van der Waals surface area contributed by atoms with Crippen LogP contribution in [0.3, 0.4) is 0 Å². The molecule has 2 rings (SSSR count). The zero-order chi connectivity index (χ0) is 27.8. The Morgan fingerprint density at radius 2 is 1.32 bits per heavy atom. The molecule has 2 aromatic carbocycles. The van der Waals surface area contributed by atoms with Crippen molar-refractivity contribution < 1.29 is 22.0 Å². The van der Waals surface area contributed by atoms with E-state index in [2.05, 4.69) is 17.6 Å². The second kappa shape index (κ2) is 17.2. The quantitative estimate of drug-likeness (QED) is 0.290. The van der Waals surface area contributed by atoms with Gasteiger partial charge in [0.1, 0.15) is 0 Å². The summed E-state index contributed by atoms with van der Waals surface area (Å²) in [5, 5.41) is 5.74. The molecule has 0 aliphatic heterocycles. The number of carbonyl (C=O) groups excluding carboxylic acids is 4. The molecule has 0 aromatic heterocycles. The molecule has 0 unspecified atom stereocenters. The van der Waals surface area contributed by atoms with Crippen LogP contribution < -0.4 is 10.6 Å². The van der Waals surface area contributed by atoms with Crippen molar-refractivity contribution in [2.24, 2.45) is 11.8 Å². The zero-order valence-electron chi connectivity index (χ0n) is 23.4. The van der Waals surface area contributed by atoms with Crippen molar-refractivity contribution in [2.75, 3.05) is 0 Å². The van der Waals surface area contributed by atoms with Gasteiger partial charge in [0.05, 0.1) is 0 Å². The second-order valence-corrected chi connectivity index (χ2v) is 9.95. The molecular formula is C31H48N2O4. The van der Waals surface area contributed by atoms with Crippen molar-refractivity contribution in [2.45, 2.75) is 86.7 Å².